The van der Waals surface area contributed by atoms with Gasteiger partial charge in [0.15, 0.2) is 0 Å². The number of halogens is 2. The molecule has 0 saturated carbocycles. The molecule has 1 heterocycles. The molecule has 17 heavy (non-hydrogen) atoms. The highest BCUT2D eigenvalue weighted by Crippen LogP contribution is 2.38. The van der Waals surface area contributed by atoms with Crippen molar-refractivity contribution in [2.45, 2.75) is 6.04 Å². The van der Waals surface area contributed by atoms with Crippen LogP contribution in [-0.4, -0.2) is 7.11 Å². The second-order valence-electron chi connectivity index (χ2n) is 3.49. The molecule has 90 valence electrons. The topological polar surface area (TPSA) is 35.2 Å². The van der Waals surface area contributed by atoms with E-state index in [9.17, 15) is 0 Å². The summed E-state index contributed by atoms with van der Waals surface area (Å²) in [7, 11) is 1.64. The number of methoxy groups -OCH3 is 1. The Bertz CT molecular complexity index is 509. The van der Waals surface area contributed by atoms with Crippen molar-refractivity contribution in [2.24, 2.45) is 5.73 Å². The Morgan fingerprint density at radius 3 is 2.71 bits per heavy atom. The Balaban J connectivity index is 2.39. The van der Waals surface area contributed by atoms with Crippen LogP contribution in [-0.2, 0) is 0 Å². The average molecular weight is 333 g/mol. The lowest BCUT2D eigenvalue weighted by molar-refractivity contribution is 0.408. The number of rotatable bonds is 3. The van der Waals surface area contributed by atoms with Gasteiger partial charge in [0.05, 0.1) is 22.0 Å². The zero-order chi connectivity index (χ0) is 12.4. The van der Waals surface area contributed by atoms with Crippen LogP contribution in [0.3, 0.4) is 0 Å². The molecule has 0 aliphatic rings. The van der Waals surface area contributed by atoms with E-state index in [1.54, 1.807) is 18.4 Å². The van der Waals surface area contributed by atoms with Gasteiger partial charge in [-0.15, -0.1) is 11.3 Å². The van der Waals surface area contributed by atoms with Crippen LogP contribution in [0, 0.1) is 0 Å². The smallest absolute Gasteiger partial charge is 0.124 e. The van der Waals surface area contributed by atoms with Gasteiger partial charge in [-0.25, -0.2) is 0 Å². The molecule has 2 rings (SSSR count). The summed E-state index contributed by atoms with van der Waals surface area (Å²) >= 11 is 10.9. The summed E-state index contributed by atoms with van der Waals surface area (Å²) in [4.78, 5) is 1.01. The Hall–Kier alpha value is -0.550. The van der Waals surface area contributed by atoms with E-state index in [1.165, 1.54) is 0 Å². The molecule has 1 aromatic carbocycles. The molecule has 1 unspecified atom stereocenters. The Morgan fingerprint density at radius 2 is 2.12 bits per heavy atom. The molecule has 2 N–H and O–H groups in total. The van der Waals surface area contributed by atoms with Crippen molar-refractivity contribution in [1.82, 2.24) is 0 Å². The molecule has 0 saturated heterocycles. The van der Waals surface area contributed by atoms with Crippen molar-refractivity contribution < 1.29 is 4.74 Å². The predicted octanol–water partition coefficient (Wildman–Crippen LogP) is 4.22. The minimum absolute atomic E-state index is 0.222. The van der Waals surface area contributed by atoms with Crippen LogP contribution in [0.5, 0.6) is 5.75 Å². The minimum atomic E-state index is -0.222. The van der Waals surface area contributed by atoms with E-state index in [4.69, 9.17) is 22.1 Å². The molecule has 0 bridgehead atoms. The fourth-order valence-electron chi connectivity index (χ4n) is 1.59. The van der Waals surface area contributed by atoms with E-state index in [-0.39, 0.29) is 6.04 Å². The van der Waals surface area contributed by atoms with E-state index >= 15 is 0 Å². The Kier molecular flexibility index (Phi) is 4.09. The van der Waals surface area contributed by atoms with Gasteiger partial charge in [0.1, 0.15) is 5.75 Å². The monoisotopic (exact) mass is 331 g/mol. The van der Waals surface area contributed by atoms with Gasteiger partial charge in [-0.05, 0) is 28.1 Å². The zero-order valence-corrected chi connectivity index (χ0v) is 12.3. The maximum atomic E-state index is 6.23. The summed E-state index contributed by atoms with van der Waals surface area (Å²) < 4.78 is 6.21. The van der Waals surface area contributed by atoms with Gasteiger partial charge in [-0.3, -0.25) is 0 Å². The number of ether oxygens (including phenoxy) is 1. The fraction of sp³-hybridized carbons (Fsp3) is 0.167. The van der Waals surface area contributed by atoms with Crippen molar-refractivity contribution in [3.05, 3.63) is 49.6 Å². The molecule has 5 heteroatoms. The van der Waals surface area contributed by atoms with E-state index in [0.717, 1.165) is 20.0 Å². The van der Waals surface area contributed by atoms with Crippen LogP contribution in [0.15, 0.2) is 34.1 Å². The van der Waals surface area contributed by atoms with Gasteiger partial charge in [-0.1, -0.05) is 29.8 Å². The van der Waals surface area contributed by atoms with Crippen molar-refractivity contribution in [2.75, 3.05) is 7.11 Å². The van der Waals surface area contributed by atoms with Crippen LogP contribution >= 0.6 is 38.9 Å². The summed E-state index contributed by atoms with van der Waals surface area (Å²) in [5, 5.41) is 0.690. The van der Waals surface area contributed by atoms with Crippen LogP contribution in [0.1, 0.15) is 16.5 Å². The first-order chi connectivity index (χ1) is 8.13. The van der Waals surface area contributed by atoms with Gasteiger partial charge in [0.25, 0.3) is 0 Å². The first kappa shape index (κ1) is 12.9. The van der Waals surface area contributed by atoms with Crippen LogP contribution in [0.4, 0.5) is 0 Å². The highest BCUT2D eigenvalue weighted by atomic mass is 79.9. The first-order valence-electron chi connectivity index (χ1n) is 4.96. The normalized spacial score (nSPS) is 12.5. The Labute approximate surface area is 117 Å². The molecule has 0 radical (unpaired) electrons. The Morgan fingerprint density at radius 1 is 1.41 bits per heavy atom. The van der Waals surface area contributed by atoms with Crippen molar-refractivity contribution in [1.29, 1.82) is 0 Å². The molecule has 0 aliphatic heterocycles. The van der Waals surface area contributed by atoms with Gasteiger partial charge < -0.3 is 10.5 Å². The van der Waals surface area contributed by atoms with Crippen molar-refractivity contribution in [3.63, 3.8) is 0 Å². The third kappa shape index (κ3) is 2.65. The average Bonchev–Trinajstić information content (AvgIpc) is 2.68. The standard InChI is InChI=1S/C12H11BrClNOS/c1-16-9-5-3-2-4-7(9)11(15)10-6-8(14)12(13)17-10/h2-6,11H,15H2,1H3. The second kappa shape index (κ2) is 5.40. The van der Waals surface area contributed by atoms with E-state index in [1.807, 2.05) is 30.3 Å². The molecule has 2 nitrogen and oxygen atoms in total. The minimum Gasteiger partial charge on any atom is -0.496 e. The van der Waals surface area contributed by atoms with Gasteiger partial charge in [0.2, 0.25) is 0 Å². The maximum Gasteiger partial charge on any atom is 0.124 e. The fourth-order valence-corrected chi connectivity index (χ4v) is 3.36. The highest BCUT2D eigenvalue weighted by Gasteiger charge is 2.17. The van der Waals surface area contributed by atoms with Crippen LogP contribution < -0.4 is 10.5 Å². The number of benzene rings is 1. The molecule has 0 fully saturated rings. The molecule has 0 amide bonds. The highest BCUT2D eigenvalue weighted by molar-refractivity contribution is 9.11. The SMILES string of the molecule is COc1ccccc1C(N)c1cc(Cl)c(Br)s1. The van der Waals surface area contributed by atoms with Gasteiger partial charge in [-0.2, -0.15) is 0 Å². The number of para-hydroxylation sites is 1. The molecule has 0 aliphatic carbocycles. The molecule has 0 spiro atoms. The van der Waals surface area contributed by atoms with Crippen LogP contribution in [0.25, 0.3) is 0 Å². The lowest BCUT2D eigenvalue weighted by Crippen LogP contribution is -2.11. The summed E-state index contributed by atoms with van der Waals surface area (Å²) in [6, 6.07) is 9.40. The number of thiophene rings is 1. The van der Waals surface area contributed by atoms with Crippen molar-refractivity contribution >= 4 is 38.9 Å². The molecular formula is C12H11BrClNOS. The van der Waals surface area contributed by atoms with E-state index < -0.39 is 0 Å². The largest absolute Gasteiger partial charge is 0.496 e. The summed E-state index contributed by atoms with van der Waals surface area (Å²) in [5.41, 5.74) is 7.18. The quantitative estimate of drug-likeness (QED) is 0.913. The van der Waals surface area contributed by atoms with E-state index in [2.05, 4.69) is 15.9 Å². The molecular weight excluding hydrogens is 322 g/mol. The predicted molar refractivity (Wildman–Crippen MR) is 76.1 cm³/mol. The first-order valence-corrected chi connectivity index (χ1v) is 6.95. The van der Waals surface area contributed by atoms with Gasteiger partial charge in [0, 0.05) is 10.4 Å². The molecule has 2 aromatic rings. The number of hydrogen-bond acceptors (Lipinski definition) is 3. The van der Waals surface area contributed by atoms with E-state index in [0.29, 0.717) is 5.02 Å². The number of nitrogens with two attached hydrogens (primary N) is 1. The zero-order valence-electron chi connectivity index (χ0n) is 9.11. The molecule has 1 aromatic heterocycles. The number of hydrogen-bond donors (Lipinski definition) is 1. The maximum absolute atomic E-state index is 6.23. The third-order valence-corrected chi connectivity index (χ3v) is 5.00. The lowest BCUT2D eigenvalue weighted by Gasteiger charge is -2.13. The third-order valence-electron chi connectivity index (χ3n) is 2.44. The van der Waals surface area contributed by atoms with Gasteiger partial charge >= 0.3 is 0 Å². The van der Waals surface area contributed by atoms with Crippen LogP contribution in [0.2, 0.25) is 5.02 Å². The lowest BCUT2D eigenvalue weighted by atomic mass is 10.1. The summed E-state index contributed by atoms with van der Waals surface area (Å²) in [6.07, 6.45) is 0. The van der Waals surface area contributed by atoms with Crippen molar-refractivity contribution in [3.8, 4) is 5.75 Å². The summed E-state index contributed by atoms with van der Waals surface area (Å²) in [6.45, 7) is 0. The molecule has 1 atom stereocenters. The summed E-state index contributed by atoms with van der Waals surface area (Å²) in [5.74, 6) is 0.792. The second-order valence-corrected chi connectivity index (χ2v) is 6.30.